The molecule has 0 saturated carbocycles. The summed E-state index contributed by atoms with van der Waals surface area (Å²) in [6.07, 6.45) is 3.07. The summed E-state index contributed by atoms with van der Waals surface area (Å²) in [6.45, 7) is 2.08. The Bertz CT molecular complexity index is 26.7. The van der Waals surface area contributed by atoms with Crippen LogP contribution in [0, 0.1) is 0 Å². The molecule has 0 amide bonds. The number of rotatable bonds is 2. The predicted octanol–water partition coefficient (Wildman–Crippen LogP) is 2.32. The quantitative estimate of drug-likeness (QED) is 0.510. The molecule has 0 aliphatic heterocycles. The summed E-state index contributed by atoms with van der Waals surface area (Å²) in [4.78, 5) is 0. The first kappa shape index (κ1) is 6.64. The number of hydrogen-bond acceptors (Lipinski definition) is 1. The molecule has 0 bridgehead atoms. The zero-order chi connectivity index (χ0) is 4.99. The van der Waals surface area contributed by atoms with Crippen LogP contribution in [0.3, 0.4) is 0 Å². The summed E-state index contributed by atoms with van der Waals surface area (Å²) in [6, 6.07) is 0. The van der Waals surface area contributed by atoms with Gasteiger partial charge in [0.15, 0.2) is 0 Å². The Morgan fingerprint density at radius 2 is 2.33 bits per heavy atom. The van der Waals surface area contributed by atoms with Crippen molar-refractivity contribution < 1.29 is 0 Å². The van der Waals surface area contributed by atoms with E-state index in [1.54, 1.807) is 11.8 Å². The predicted molar refractivity (Wildman–Crippen MR) is 33.4 cm³/mol. The molecule has 2 heteroatoms. The van der Waals surface area contributed by atoms with Crippen LogP contribution in [0.1, 0.15) is 13.3 Å². The van der Waals surface area contributed by atoms with E-state index in [9.17, 15) is 0 Å². The van der Waals surface area contributed by atoms with Gasteiger partial charge in [0.2, 0.25) is 0 Å². The van der Waals surface area contributed by atoms with E-state index in [4.69, 9.17) is 11.6 Å². The van der Waals surface area contributed by atoms with Crippen LogP contribution < -0.4 is 0 Å². The average molecular weight is 125 g/mol. The summed E-state index contributed by atoms with van der Waals surface area (Å²) >= 11 is 7.30. The molecule has 0 aromatic carbocycles. The molecule has 0 aromatic rings. The molecule has 0 N–H and O–H groups in total. The summed E-state index contributed by atoms with van der Waals surface area (Å²) in [7, 11) is 0. The molecule has 0 radical (unpaired) electrons. The van der Waals surface area contributed by atoms with Crippen LogP contribution in [0.25, 0.3) is 0 Å². The third kappa shape index (κ3) is 2.86. The second-order valence-corrected chi connectivity index (χ2v) is 2.88. The first-order valence-electron chi connectivity index (χ1n) is 1.98. The Kier molecular flexibility index (Phi) is 4.22. The minimum absolute atomic E-state index is 0.324. The molecule has 0 fully saturated rings. The maximum absolute atomic E-state index is 5.61. The Hall–Kier alpha value is 0.640. The van der Waals surface area contributed by atoms with Crippen LogP contribution in [0.2, 0.25) is 0 Å². The lowest BCUT2D eigenvalue weighted by atomic mass is 10.6. The summed E-state index contributed by atoms with van der Waals surface area (Å²) in [5.41, 5.74) is 0. The maximum Gasteiger partial charge on any atom is 0.0783 e. The molecule has 0 spiro atoms. The van der Waals surface area contributed by atoms with Gasteiger partial charge in [0.25, 0.3) is 0 Å². The largest absolute Gasteiger partial charge is 0.146 e. The maximum atomic E-state index is 5.61. The monoisotopic (exact) mass is 124 g/mol. The van der Waals surface area contributed by atoms with Gasteiger partial charge in [-0.15, -0.1) is 23.4 Å². The van der Waals surface area contributed by atoms with Gasteiger partial charge < -0.3 is 0 Å². The standard InChI is InChI=1S/C4H9ClS/c1-3-4(5)6-2/h4H,3H2,1-2H3. The van der Waals surface area contributed by atoms with Crippen LogP contribution >= 0.6 is 23.4 Å². The fraction of sp³-hybridized carbons (Fsp3) is 1.00. The highest BCUT2D eigenvalue weighted by Crippen LogP contribution is 2.13. The van der Waals surface area contributed by atoms with Crippen molar-refractivity contribution in [1.82, 2.24) is 0 Å². The summed E-state index contributed by atoms with van der Waals surface area (Å²) in [5, 5.41) is 0. The Labute approximate surface area is 48.3 Å². The Morgan fingerprint density at radius 3 is 2.33 bits per heavy atom. The number of halogens is 1. The lowest BCUT2D eigenvalue weighted by Crippen LogP contribution is -1.82. The zero-order valence-corrected chi connectivity index (χ0v) is 5.64. The zero-order valence-electron chi connectivity index (χ0n) is 4.07. The Morgan fingerprint density at radius 1 is 1.83 bits per heavy atom. The molecule has 0 rings (SSSR count). The van der Waals surface area contributed by atoms with Gasteiger partial charge in [0.1, 0.15) is 0 Å². The van der Waals surface area contributed by atoms with Gasteiger partial charge >= 0.3 is 0 Å². The molecule has 0 aliphatic carbocycles. The third-order valence-corrected chi connectivity index (χ3v) is 2.26. The van der Waals surface area contributed by atoms with Gasteiger partial charge in [-0.1, -0.05) is 6.92 Å². The lowest BCUT2D eigenvalue weighted by molar-refractivity contribution is 1.05. The van der Waals surface area contributed by atoms with E-state index in [-0.39, 0.29) is 0 Å². The highest BCUT2D eigenvalue weighted by Gasteiger charge is 1.92. The van der Waals surface area contributed by atoms with E-state index >= 15 is 0 Å². The SMILES string of the molecule is CCC(Cl)SC. The second kappa shape index (κ2) is 3.82. The van der Waals surface area contributed by atoms with E-state index in [2.05, 4.69) is 6.92 Å². The van der Waals surface area contributed by atoms with Crippen LogP contribution in [0.5, 0.6) is 0 Å². The van der Waals surface area contributed by atoms with E-state index < -0.39 is 0 Å². The van der Waals surface area contributed by atoms with Gasteiger partial charge in [-0.3, -0.25) is 0 Å². The van der Waals surface area contributed by atoms with Crippen molar-refractivity contribution in [3.05, 3.63) is 0 Å². The van der Waals surface area contributed by atoms with Crippen molar-refractivity contribution in [2.24, 2.45) is 0 Å². The van der Waals surface area contributed by atoms with Crippen LogP contribution in [0.4, 0.5) is 0 Å². The van der Waals surface area contributed by atoms with E-state index in [0.29, 0.717) is 4.71 Å². The molecule has 0 nitrogen and oxygen atoms in total. The molecule has 0 aromatic heterocycles. The topological polar surface area (TPSA) is 0 Å². The molecule has 0 saturated heterocycles. The van der Waals surface area contributed by atoms with Crippen LogP contribution in [-0.4, -0.2) is 11.0 Å². The second-order valence-electron chi connectivity index (χ2n) is 1.05. The highest BCUT2D eigenvalue weighted by molar-refractivity contribution is 8.00. The Balaban J connectivity index is 2.75. The van der Waals surface area contributed by atoms with Gasteiger partial charge in [-0.2, -0.15) is 0 Å². The highest BCUT2D eigenvalue weighted by atomic mass is 35.5. The molecular formula is C4H9ClS. The number of thioether (sulfide) groups is 1. The van der Waals surface area contributed by atoms with E-state index in [0.717, 1.165) is 6.42 Å². The summed E-state index contributed by atoms with van der Waals surface area (Å²) in [5.74, 6) is 0. The van der Waals surface area contributed by atoms with E-state index in [1.807, 2.05) is 6.26 Å². The van der Waals surface area contributed by atoms with Crippen molar-refractivity contribution in [2.45, 2.75) is 18.1 Å². The molecule has 1 atom stereocenters. The summed E-state index contributed by atoms with van der Waals surface area (Å²) < 4.78 is 0.324. The number of hydrogen-bond donors (Lipinski definition) is 0. The van der Waals surface area contributed by atoms with Crippen molar-refractivity contribution >= 4 is 23.4 Å². The first-order chi connectivity index (χ1) is 2.81. The normalized spacial score (nSPS) is 14.5. The van der Waals surface area contributed by atoms with Gasteiger partial charge in [0.05, 0.1) is 4.71 Å². The van der Waals surface area contributed by atoms with Gasteiger partial charge in [-0.25, -0.2) is 0 Å². The fourth-order valence-corrected chi connectivity index (χ4v) is 0.500. The number of alkyl halides is 1. The first-order valence-corrected chi connectivity index (χ1v) is 3.70. The van der Waals surface area contributed by atoms with Gasteiger partial charge in [-0.05, 0) is 12.7 Å². The minimum Gasteiger partial charge on any atom is -0.146 e. The van der Waals surface area contributed by atoms with Crippen molar-refractivity contribution in [2.75, 3.05) is 6.26 Å². The smallest absolute Gasteiger partial charge is 0.0783 e. The third-order valence-electron chi connectivity index (χ3n) is 0.577. The van der Waals surface area contributed by atoms with Crippen molar-refractivity contribution in [3.63, 3.8) is 0 Å². The van der Waals surface area contributed by atoms with Crippen molar-refractivity contribution in [1.29, 1.82) is 0 Å². The van der Waals surface area contributed by atoms with Crippen molar-refractivity contribution in [3.8, 4) is 0 Å². The van der Waals surface area contributed by atoms with E-state index in [1.165, 1.54) is 0 Å². The molecule has 38 valence electrons. The van der Waals surface area contributed by atoms with Crippen LogP contribution in [-0.2, 0) is 0 Å². The molecule has 6 heavy (non-hydrogen) atoms. The molecular weight excluding hydrogens is 116 g/mol. The fourth-order valence-electron chi connectivity index (χ4n) is 0.167. The lowest BCUT2D eigenvalue weighted by Gasteiger charge is -1.95. The molecule has 0 aliphatic rings. The van der Waals surface area contributed by atoms with Gasteiger partial charge in [0, 0.05) is 0 Å². The molecule has 0 heterocycles. The average Bonchev–Trinajstić information content (AvgIpc) is 1.65. The van der Waals surface area contributed by atoms with Crippen LogP contribution in [0.15, 0.2) is 0 Å². The minimum atomic E-state index is 0.324. The molecule has 1 unspecified atom stereocenters.